The monoisotopic (exact) mass is 130 g/mol. The number of rotatable bonds is 0. The number of hydrogen-bond acceptors (Lipinski definition) is 3. The van der Waals surface area contributed by atoms with Gasteiger partial charge in [0.1, 0.15) is 0 Å². The molecule has 0 atom stereocenters. The second-order valence-corrected chi connectivity index (χ2v) is 3.13. The highest BCUT2D eigenvalue weighted by molar-refractivity contribution is 7.94. The average Bonchev–Trinajstić information content (AvgIpc) is 1.65. The van der Waals surface area contributed by atoms with Crippen LogP contribution in [0, 0.1) is 9.56 Å². The summed E-state index contributed by atoms with van der Waals surface area (Å²) in [6, 6.07) is 0. The van der Waals surface area contributed by atoms with E-state index in [-0.39, 0.29) is 0 Å². The van der Waals surface area contributed by atoms with Crippen LogP contribution < -0.4 is 4.83 Å². The fourth-order valence-electron chi connectivity index (χ4n) is 0.340. The Bertz CT molecular complexity index is 222. The van der Waals surface area contributed by atoms with Gasteiger partial charge in [0.25, 0.3) is 0 Å². The summed E-state index contributed by atoms with van der Waals surface area (Å²) in [5.41, 5.74) is 0. The predicted molar refractivity (Wildman–Crippen MR) is 33.6 cm³/mol. The van der Waals surface area contributed by atoms with Crippen LogP contribution in [-0.2, 0) is 9.81 Å². The molecule has 4 nitrogen and oxygen atoms in total. The van der Waals surface area contributed by atoms with E-state index < -0.39 is 9.81 Å². The molecule has 0 aromatic rings. The van der Waals surface area contributed by atoms with Crippen molar-refractivity contribution < 1.29 is 0 Å². The van der Waals surface area contributed by atoms with E-state index in [1.807, 2.05) is 0 Å². The fraction of sp³-hybridized carbons (Fsp3) is 0. The van der Waals surface area contributed by atoms with Gasteiger partial charge in [0.05, 0.1) is 9.81 Å². The van der Waals surface area contributed by atoms with Gasteiger partial charge in [-0.05, 0) is 6.08 Å². The summed E-state index contributed by atoms with van der Waals surface area (Å²) in [7, 11) is -2.21. The van der Waals surface area contributed by atoms with Gasteiger partial charge in [-0.2, -0.15) is 5.10 Å². The molecule has 0 saturated carbocycles. The van der Waals surface area contributed by atoms with Crippen molar-refractivity contribution in [3.05, 3.63) is 11.5 Å². The Kier molecular flexibility index (Phi) is 1.05. The summed E-state index contributed by atoms with van der Waals surface area (Å²) in [4.78, 5) is 2.36. The van der Waals surface area contributed by atoms with Gasteiger partial charge in [0.2, 0.25) is 0 Å². The normalized spacial score (nSPS) is 22.5. The minimum absolute atomic E-state index is 1.49. The number of allylic oxidation sites excluding steroid dienone is 1. The Hall–Kier alpha value is -0.840. The van der Waals surface area contributed by atoms with Gasteiger partial charge in [-0.3, -0.25) is 0 Å². The minimum Gasteiger partial charge on any atom is -0.248 e. The Balaban J connectivity index is 2.98. The van der Waals surface area contributed by atoms with Crippen molar-refractivity contribution in [3.63, 3.8) is 0 Å². The minimum atomic E-state index is -2.21. The summed E-state index contributed by atoms with van der Waals surface area (Å²) < 4.78 is 14.1. The lowest BCUT2D eigenvalue weighted by molar-refractivity contribution is 1.09. The standard InChI is InChI=1S/C3H6N4S/c4-8(5)3-1-2-6-7-8/h1-3H,(H3,4,5,7). The Morgan fingerprint density at radius 2 is 2.25 bits per heavy atom. The molecule has 1 heterocycles. The molecule has 0 bridgehead atoms. The van der Waals surface area contributed by atoms with Crippen LogP contribution in [0.4, 0.5) is 0 Å². The highest BCUT2D eigenvalue weighted by atomic mass is 32.2. The summed E-state index contributed by atoms with van der Waals surface area (Å²) in [5.74, 6) is 0. The van der Waals surface area contributed by atoms with Gasteiger partial charge in [-0.15, -0.1) is 0 Å². The molecule has 0 radical (unpaired) electrons. The van der Waals surface area contributed by atoms with Crippen molar-refractivity contribution in [2.45, 2.75) is 0 Å². The van der Waals surface area contributed by atoms with Crippen molar-refractivity contribution in [2.75, 3.05) is 0 Å². The topological polar surface area (TPSA) is 72.1 Å². The number of hydrazone groups is 1. The van der Waals surface area contributed by atoms with Crippen LogP contribution in [0.25, 0.3) is 0 Å². The first-order valence-corrected chi connectivity index (χ1v) is 3.69. The Morgan fingerprint density at radius 3 is 2.50 bits per heavy atom. The number of hydrogen-bond donors (Lipinski definition) is 3. The van der Waals surface area contributed by atoms with Crippen LogP contribution in [-0.4, -0.2) is 6.21 Å². The molecule has 0 aromatic heterocycles. The van der Waals surface area contributed by atoms with Gasteiger partial charge < -0.3 is 0 Å². The molecule has 0 fully saturated rings. The maximum absolute atomic E-state index is 7.06. The quantitative estimate of drug-likeness (QED) is 0.443. The zero-order valence-electron chi connectivity index (χ0n) is 4.09. The Morgan fingerprint density at radius 1 is 1.50 bits per heavy atom. The molecule has 0 spiro atoms. The van der Waals surface area contributed by atoms with Gasteiger partial charge in [-0.1, -0.05) is 0 Å². The smallest absolute Gasteiger partial charge is 0.0524 e. The molecule has 0 aliphatic carbocycles. The zero-order valence-corrected chi connectivity index (χ0v) is 4.90. The Labute approximate surface area is 47.8 Å². The molecule has 0 amide bonds. The zero-order chi connectivity index (χ0) is 6.04. The van der Waals surface area contributed by atoms with Crippen molar-refractivity contribution >= 4 is 16.0 Å². The lowest BCUT2D eigenvalue weighted by atomic mass is 10.7. The highest BCUT2D eigenvalue weighted by Gasteiger charge is 1.92. The first-order valence-electron chi connectivity index (χ1n) is 2.00. The first-order chi connectivity index (χ1) is 3.71. The molecule has 3 N–H and O–H groups in total. The van der Waals surface area contributed by atoms with E-state index in [9.17, 15) is 0 Å². The average molecular weight is 130 g/mol. The third kappa shape index (κ3) is 1.06. The molecule has 1 rings (SSSR count). The predicted octanol–water partition coefficient (Wildman–Crippen LogP) is 0.683. The molecule has 0 aromatic carbocycles. The van der Waals surface area contributed by atoms with Gasteiger partial charge in [-0.25, -0.2) is 14.4 Å². The molecule has 1 aliphatic rings. The molecular weight excluding hydrogens is 124 g/mol. The maximum Gasteiger partial charge on any atom is 0.0524 e. The molecule has 8 heavy (non-hydrogen) atoms. The van der Waals surface area contributed by atoms with Crippen LogP contribution in [0.1, 0.15) is 0 Å². The van der Waals surface area contributed by atoms with Crippen LogP contribution >= 0.6 is 0 Å². The second-order valence-electron chi connectivity index (χ2n) is 1.36. The molecule has 0 saturated heterocycles. The van der Waals surface area contributed by atoms with E-state index in [4.69, 9.17) is 9.56 Å². The third-order valence-electron chi connectivity index (χ3n) is 0.640. The molecule has 44 valence electrons. The van der Waals surface area contributed by atoms with Crippen LogP contribution in [0.3, 0.4) is 0 Å². The van der Waals surface area contributed by atoms with Gasteiger partial charge in [0, 0.05) is 11.6 Å². The lowest BCUT2D eigenvalue weighted by Crippen LogP contribution is -2.13. The maximum atomic E-state index is 7.06. The van der Waals surface area contributed by atoms with Crippen molar-refractivity contribution in [2.24, 2.45) is 5.10 Å². The fourth-order valence-corrected chi connectivity index (χ4v) is 0.934. The SMILES string of the molecule is N=S1(=N)C=CC=NN1. The lowest BCUT2D eigenvalue weighted by Gasteiger charge is -2.04. The van der Waals surface area contributed by atoms with E-state index in [0.29, 0.717) is 0 Å². The van der Waals surface area contributed by atoms with E-state index >= 15 is 0 Å². The van der Waals surface area contributed by atoms with Crippen molar-refractivity contribution in [1.82, 2.24) is 4.83 Å². The van der Waals surface area contributed by atoms with E-state index in [2.05, 4.69) is 9.93 Å². The molecule has 0 unspecified atom stereocenters. The van der Waals surface area contributed by atoms with E-state index in [0.717, 1.165) is 0 Å². The van der Waals surface area contributed by atoms with Gasteiger partial charge >= 0.3 is 0 Å². The van der Waals surface area contributed by atoms with Crippen molar-refractivity contribution in [1.29, 1.82) is 9.56 Å². The summed E-state index contributed by atoms with van der Waals surface area (Å²) >= 11 is 0. The molecule has 1 aliphatic heterocycles. The largest absolute Gasteiger partial charge is 0.248 e. The summed E-state index contributed by atoms with van der Waals surface area (Å²) in [6.45, 7) is 0. The number of nitrogens with one attached hydrogen (secondary N) is 3. The van der Waals surface area contributed by atoms with E-state index in [1.54, 1.807) is 6.08 Å². The van der Waals surface area contributed by atoms with Crippen molar-refractivity contribution in [3.8, 4) is 0 Å². The number of nitrogens with zero attached hydrogens (tertiary/aromatic N) is 1. The van der Waals surface area contributed by atoms with Gasteiger partial charge in [0.15, 0.2) is 0 Å². The highest BCUT2D eigenvalue weighted by Crippen LogP contribution is 1.92. The van der Waals surface area contributed by atoms with Crippen LogP contribution in [0.15, 0.2) is 16.6 Å². The third-order valence-corrected chi connectivity index (χ3v) is 1.60. The van der Waals surface area contributed by atoms with Crippen LogP contribution in [0.5, 0.6) is 0 Å². The molecule has 5 heteroatoms. The van der Waals surface area contributed by atoms with Crippen LogP contribution in [0.2, 0.25) is 0 Å². The summed E-state index contributed by atoms with van der Waals surface area (Å²) in [5, 5.41) is 5.02. The summed E-state index contributed by atoms with van der Waals surface area (Å²) in [6.07, 6.45) is 3.13. The second kappa shape index (κ2) is 1.59. The van der Waals surface area contributed by atoms with E-state index in [1.165, 1.54) is 11.6 Å². The first kappa shape index (κ1) is 5.30. The molecular formula is C3H6N4S.